The number of ketones is 1. The highest BCUT2D eigenvalue weighted by Gasteiger charge is 2.11. The number of aromatic amines is 1. The first-order chi connectivity index (χ1) is 8.31. The van der Waals surface area contributed by atoms with Crippen LogP contribution >= 0.6 is 0 Å². The lowest BCUT2D eigenvalue weighted by Crippen LogP contribution is -2.02. The van der Waals surface area contributed by atoms with Crippen molar-refractivity contribution in [2.45, 2.75) is 13.3 Å². The Morgan fingerprint density at radius 2 is 2.12 bits per heavy atom. The summed E-state index contributed by atoms with van der Waals surface area (Å²) in [6.45, 7) is 2.72. The van der Waals surface area contributed by atoms with E-state index in [4.69, 9.17) is 4.74 Å². The van der Waals surface area contributed by atoms with E-state index in [0.717, 1.165) is 12.2 Å². The fourth-order valence-corrected chi connectivity index (χ4v) is 1.38. The summed E-state index contributed by atoms with van der Waals surface area (Å²) in [5, 5.41) is 9.77. The summed E-state index contributed by atoms with van der Waals surface area (Å²) >= 11 is 0. The second-order valence-corrected chi connectivity index (χ2v) is 3.56. The van der Waals surface area contributed by atoms with Gasteiger partial charge in [-0.25, -0.2) is 0 Å². The molecular weight excluding hydrogens is 218 g/mol. The van der Waals surface area contributed by atoms with Crippen LogP contribution in [0.4, 0.5) is 0 Å². The Morgan fingerprint density at radius 1 is 1.35 bits per heavy atom. The quantitative estimate of drug-likeness (QED) is 0.797. The zero-order chi connectivity index (χ0) is 12.1. The minimum atomic E-state index is -0.152. The van der Waals surface area contributed by atoms with Crippen molar-refractivity contribution in [1.29, 1.82) is 0 Å². The molecule has 0 amide bonds. The number of carbonyl (C=O) groups excluding carboxylic acids is 1. The molecule has 0 fully saturated rings. The van der Waals surface area contributed by atoms with Gasteiger partial charge >= 0.3 is 0 Å². The molecule has 0 unspecified atom stereocenters. The summed E-state index contributed by atoms with van der Waals surface area (Å²) in [6, 6.07) is 7.01. The van der Waals surface area contributed by atoms with Crippen molar-refractivity contribution < 1.29 is 9.53 Å². The average molecular weight is 231 g/mol. The maximum absolute atomic E-state index is 11.9. The van der Waals surface area contributed by atoms with Crippen molar-refractivity contribution in [3.8, 4) is 5.75 Å². The maximum Gasteiger partial charge on any atom is 0.214 e. The van der Waals surface area contributed by atoms with Gasteiger partial charge in [-0.2, -0.15) is 15.4 Å². The van der Waals surface area contributed by atoms with Crippen LogP contribution < -0.4 is 4.74 Å². The highest BCUT2D eigenvalue weighted by Crippen LogP contribution is 2.14. The summed E-state index contributed by atoms with van der Waals surface area (Å²) in [5.74, 6) is 0.615. The van der Waals surface area contributed by atoms with Crippen molar-refractivity contribution in [2.24, 2.45) is 0 Å². The second kappa shape index (κ2) is 5.25. The Hall–Kier alpha value is -2.17. The molecule has 0 aliphatic carbocycles. The number of carbonyl (C=O) groups is 1. The lowest BCUT2D eigenvalue weighted by atomic mass is 10.1. The molecule has 1 aromatic carbocycles. The SMILES string of the molecule is CCCOc1ccc(C(=O)c2cn[nH]n2)cc1. The van der Waals surface area contributed by atoms with Gasteiger partial charge in [-0.05, 0) is 30.7 Å². The van der Waals surface area contributed by atoms with Gasteiger partial charge in [0.25, 0.3) is 0 Å². The van der Waals surface area contributed by atoms with Crippen molar-refractivity contribution in [3.63, 3.8) is 0 Å². The monoisotopic (exact) mass is 231 g/mol. The molecule has 2 aromatic rings. The van der Waals surface area contributed by atoms with Gasteiger partial charge in [-0.3, -0.25) is 4.79 Å². The third-order valence-electron chi connectivity index (χ3n) is 2.24. The summed E-state index contributed by atoms with van der Waals surface area (Å²) in [5.41, 5.74) is 0.884. The lowest BCUT2D eigenvalue weighted by Gasteiger charge is -2.04. The third kappa shape index (κ3) is 2.69. The molecule has 5 heteroatoms. The van der Waals surface area contributed by atoms with Crippen LogP contribution in [-0.4, -0.2) is 27.8 Å². The Kier molecular flexibility index (Phi) is 3.49. The predicted molar refractivity (Wildman–Crippen MR) is 62.0 cm³/mol. The molecule has 0 spiro atoms. The van der Waals surface area contributed by atoms with Crippen molar-refractivity contribution in [3.05, 3.63) is 41.7 Å². The number of H-pyrrole nitrogens is 1. The van der Waals surface area contributed by atoms with Crippen LogP contribution in [0.2, 0.25) is 0 Å². The largest absolute Gasteiger partial charge is 0.494 e. The highest BCUT2D eigenvalue weighted by molar-refractivity contribution is 6.07. The first kappa shape index (κ1) is 11.3. The molecule has 0 bridgehead atoms. The predicted octanol–water partition coefficient (Wildman–Crippen LogP) is 1.82. The van der Waals surface area contributed by atoms with Gasteiger partial charge in [0.05, 0.1) is 12.8 Å². The molecule has 0 aliphatic heterocycles. The van der Waals surface area contributed by atoms with Gasteiger partial charge in [-0.15, -0.1) is 0 Å². The van der Waals surface area contributed by atoms with Crippen molar-refractivity contribution >= 4 is 5.78 Å². The molecular formula is C12H13N3O2. The molecule has 1 heterocycles. The lowest BCUT2D eigenvalue weighted by molar-refractivity contribution is 0.103. The highest BCUT2D eigenvalue weighted by atomic mass is 16.5. The number of hydrogen-bond donors (Lipinski definition) is 1. The van der Waals surface area contributed by atoms with Crippen LogP contribution in [0.25, 0.3) is 0 Å². The average Bonchev–Trinajstić information content (AvgIpc) is 2.90. The van der Waals surface area contributed by atoms with E-state index in [2.05, 4.69) is 15.4 Å². The number of hydrogen-bond acceptors (Lipinski definition) is 4. The van der Waals surface area contributed by atoms with Crippen LogP contribution in [-0.2, 0) is 0 Å². The number of nitrogens with one attached hydrogen (secondary N) is 1. The van der Waals surface area contributed by atoms with E-state index in [1.165, 1.54) is 6.20 Å². The maximum atomic E-state index is 11.9. The number of nitrogens with zero attached hydrogens (tertiary/aromatic N) is 2. The Morgan fingerprint density at radius 3 is 2.71 bits per heavy atom. The third-order valence-corrected chi connectivity index (χ3v) is 2.24. The number of rotatable bonds is 5. The van der Waals surface area contributed by atoms with Gasteiger partial charge in [0.15, 0.2) is 5.69 Å². The number of aromatic nitrogens is 3. The van der Waals surface area contributed by atoms with E-state index in [-0.39, 0.29) is 5.78 Å². The van der Waals surface area contributed by atoms with E-state index in [1.54, 1.807) is 24.3 Å². The van der Waals surface area contributed by atoms with Crippen LogP contribution in [0.15, 0.2) is 30.5 Å². The van der Waals surface area contributed by atoms with Gasteiger partial charge in [0.2, 0.25) is 5.78 Å². The van der Waals surface area contributed by atoms with Crippen LogP contribution in [0.1, 0.15) is 29.4 Å². The molecule has 0 aliphatic rings. The molecule has 0 atom stereocenters. The summed E-state index contributed by atoms with van der Waals surface area (Å²) < 4.78 is 5.44. The van der Waals surface area contributed by atoms with Gasteiger partial charge in [-0.1, -0.05) is 6.92 Å². The molecule has 88 valence electrons. The van der Waals surface area contributed by atoms with E-state index in [1.807, 2.05) is 6.92 Å². The van der Waals surface area contributed by atoms with Crippen molar-refractivity contribution in [2.75, 3.05) is 6.61 Å². The van der Waals surface area contributed by atoms with Crippen LogP contribution in [0, 0.1) is 0 Å². The van der Waals surface area contributed by atoms with E-state index >= 15 is 0 Å². The Balaban J connectivity index is 2.10. The fraction of sp³-hybridized carbons (Fsp3) is 0.250. The minimum absolute atomic E-state index is 0.152. The summed E-state index contributed by atoms with van der Waals surface area (Å²) in [4.78, 5) is 11.9. The summed E-state index contributed by atoms with van der Waals surface area (Å²) in [7, 11) is 0. The number of benzene rings is 1. The zero-order valence-corrected chi connectivity index (χ0v) is 9.51. The van der Waals surface area contributed by atoms with E-state index < -0.39 is 0 Å². The van der Waals surface area contributed by atoms with E-state index in [0.29, 0.717) is 17.9 Å². The Labute approximate surface area is 98.8 Å². The topological polar surface area (TPSA) is 67.9 Å². The van der Waals surface area contributed by atoms with Crippen molar-refractivity contribution in [1.82, 2.24) is 15.4 Å². The second-order valence-electron chi connectivity index (χ2n) is 3.56. The van der Waals surface area contributed by atoms with Crippen LogP contribution in [0.5, 0.6) is 5.75 Å². The van der Waals surface area contributed by atoms with Gasteiger partial charge in [0, 0.05) is 5.56 Å². The molecule has 17 heavy (non-hydrogen) atoms. The normalized spacial score (nSPS) is 10.2. The molecule has 1 aromatic heterocycles. The van der Waals surface area contributed by atoms with E-state index in [9.17, 15) is 4.79 Å². The molecule has 5 nitrogen and oxygen atoms in total. The number of ether oxygens (including phenoxy) is 1. The fourth-order valence-electron chi connectivity index (χ4n) is 1.38. The molecule has 0 saturated carbocycles. The first-order valence-electron chi connectivity index (χ1n) is 5.44. The molecule has 0 saturated heterocycles. The van der Waals surface area contributed by atoms with Crippen LogP contribution in [0.3, 0.4) is 0 Å². The van der Waals surface area contributed by atoms with Gasteiger partial charge in [0.1, 0.15) is 5.75 Å². The standard InChI is InChI=1S/C12H13N3O2/c1-2-7-17-10-5-3-9(4-6-10)12(16)11-8-13-15-14-11/h3-6,8H,2,7H2,1H3,(H,13,14,15). The zero-order valence-electron chi connectivity index (χ0n) is 9.51. The molecule has 0 radical (unpaired) electrons. The van der Waals surface area contributed by atoms with Gasteiger partial charge < -0.3 is 4.74 Å². The summed E-state index contributed by atoms with van der Waals surface area (Å²) in [6.07, 6.45) is 2.36. The molecule has 1 N–H and O–H groups in total. The Bertz CT molecular complexity index is 477. The first-order valence-corrected chi connectivity index (χ1v) is 5.44. The minimum Gasteiger partial charge on any atom is -0.494 e. The smallest absolute Gasteiger partial charge is 0.214 e. The molecule has 2 rings (SSSR count).